The van der Waals surface area contributed by atoms with Gasteiger partial charge in [-0.25, -0.2) is 0 Å². The SMILES string of the molecule is C=CCCN1CC(Cc2ccccc2)NCC1C. The standard InChI is InChI=1S/C16H24N2/c1-3-4-10-18-13-16(17-12-14(18)2)11-15-8-6-5-7-9-15/h3,5-9,14,16-17H,1,4,10-13H2,2H3. The van der Waals surface area contributed by atoms with Crippen molar-refractivity contribution >= 4 is 0 Å². The third-order valence-corrected chi connectivity index (χ3v) is 3.73. The van der Waals surface area contributed by atoms with Crippen molar-refractivity contribution in [2.75, 3.05) is 19.6 Å². The van der Waals surface area contributed by atoms with Crippen molar-refractivity contribution in [3.8, 4) is 0 Å². The van der Waals surface area contributed by atoms with Gasteiger partial charge < -0.3 is 5.32 Å². The highest BCUT2D eigenvalue weighted by Crippen LogP contribution is 2.11. The van der Waals surface area contributed by atoms with E-state index < -0.39 is 0 Å². The smallest absolute Gasteiger partial charge is 0.0236 e. The fourth-order valence-electron chi connectivity index (χ4n) is 2.60. The van der Waals surface area contributed by atoms with Gasteiger partial charge in [-0.1, -0.05) is 36.4 Å². The zero-order valence-electron chi connectivity index (χ0n) is 11.3. The van der Waals surface area contributed by atoms with E-state index in [-0.39, 0.29) is 0 Å². The highest BCUT2D eigenvalue weighted by Gasteiger charge is 2.24. The second kappa shape index (κ2) is 6.72. The summed E-state index contributed by atoms with van der Waals surface area (Å²) in [6.07, 6.45) is 4.22. The average Bonchev–Trinajstić information content (AvgIpc) is 2.40. The Labute approximate surface area is 111 Å². The van der Waals surface area contributed by atoms with E-state index in [9.17, 15) is 0 Å². The topological polar surface area (TPSA) is 15.3 Å². The summed E-state index contributed by atoms with van der Waals surface area (Å²) in [7, 11) is 0. The molecule has 1 aliphatic heterocycles. The molecule has 0 bridgehead atoms. The number of hydrogen-bond acceptors (Lipinski definition) is 2. The highest BCUT2D eigenvalue weighted by molar-refractivity contribution is 5.16. The van der Waals surface area contributed by atoms with E-state index in [2.05, 4.69) is 54.1 Å². The molecule has 0 spiro atoms. The van der Waals surface area contributed by atoms with Crippen LogP contribution in [0.25, 0.3) is 0 Å². The fourth-order valence-corrected chi connectivity index (χ4v) is 2.60. The summed E-state index contributed by atoms with van der Waals surface area (Å²) >= 11 is 0. The molecule has 1 aromatic rings. The predicted molar refractivity (Wildman–Crippen MR) is 77.8 cm³/mol. The molecule has 0 aromatic heterocycles. The lowest BCUT2D eigenvalue weighted by Crippen LogP contribution is -2.56. The Hall–Kier alpha value is -1.12. The van der Waals surface area contributed by atoms with Crippen molar-refractivity contribution in [3.05, 3.63) is 48.6 Å². The van der Waals surface area contributed by atoms with E-state index in [1.54, 1.807) is 0 Å². The van der Waals surface area contributed by atoms with Gasteiger partial charge in [-0.2, -0.15) is 0 Å². The molecule has 0 amide bonds. The minimum Gasteiger partial charge on any atom is -0.311 e. The maximum absolute atomic E-state index is 3.81. The van der Waals surface area contributed by atoms with Crippen LogP contribution in [0.2, 0.25) is 0 Å². The Morgan fingerprint density at radius 3 is 2.89 bits per heavy atom. The van der Waals surface area contributed by atoms with E-state index >= 15 is 0 Å². The monoisotopic (exact) mass is 244 g/mol. The van der Waals surface area contributed by atoms with Crippen LogP contribution in [0, 0.1) is 0 Å². The molecular weight excluding hydrogens is 220 g/mol. The number of piperazine rings is 1. The molecule has 2 rings (SSSR count). The number of benzene rings is 1. The summed E-state index contributed by atoms with van der Waals surface area (Å²) < 4.78 is 0. The van der Waals surface area contributed by atoms with Gasteiger partial charge in [0.2, 0.25) is 0 Å². The first-order valence-electron chi connectivity index (χ1n) is 6.92. The van der Waals surface area contributed by atoms with E-state index in [1.165, 1.54) is 5.56 Å². The van der Waals surface area contributed by atoms with Crippen LogP contribution in [0.3, 0.4) is 0 Å². The Morgan fingerprint density at radius 2 is 2.17 bits per heavy atom. The maximum atomic E-state index is 3.81. The third kappa shape index (κ3) is 3.69. The minimum absolute atomic E-state index is 0.577. The fraction of sp³-hybridized carbons (Fsp3) is 0.500. The first-order valence-corrected chi connectivity index (χ1v) is 6.92. The molecule has 2 heteroatoms. The Kier molecular flexibility index (Phi) is 4.97. The first-order chi connectivity index (χ1) is 8.79. The van der Waals surface area contributed by atoms with Gasteiger partial charge in [-0.15, -0.1) is 6.58 Å². The summed E-state index contributed by atoms with van der Waals surface area (Å²) in [5.41, 5.74) is 1.42. The van der Waals surface area contributed by atoms with Gasteiger partial charge in [0.25, 0.3) is 0 Å². The molecule has 1 heterocycles. The van der Waals surface area contributed by atoms with Crippen LogP contribution in [0.15, 0.2) is 43.0 Å². The zero-order chi connectivity index (χ0) is 12.8. The lowest BCUT2D eigenvalue weighted by Gasteiger charge is -2.38. The molecule has 1 saturated heterocycles. The summed E-state index contributed by atoms with van der Waals surface area (Å²) in [5, 5.41) is 3.66. The third-order valence-electron chi connectivity index (χ3n) is 3.73. The van der Waals surface area contributed by atoms with Crippen molar-refractivity contribution < 1.29 is 0 Å². The van der Waals surface area contributed by atoms with E-state index in [0.29, 0.717) is 12.1 Å². The number of rotatable bonds is 5. The van der Waals surface area contributed by atoms with Gasteiger partial charge in [0, 0.05) is 31.7 Å². The van der Waals surface area contributed by atoms with E-state index in [1.807, 2.05) is 6.08 Å². The molecule has 2 unspecified atom stereocenters. The second-order valence-corrected chi connectivity index (χ2v) is 5.22. The summed E-state index contributed by atoms with van der Waals surface area (Å²) in [5.74, 6) is 0. The number of hydrogen-bond donors (Lipinski definition) is 1. The second-order valence-electron chi connectivity index (χ2n) is 5.22. The van der Waals surface area contributed by atoms with Crippen LogP contribution in [-0.2, 0) is 6.42 Å². The highest BCUT2D eigenvalue weighted by atomic mass is 15.2. The van der Waals surface area contributed by atoms with Crippen LogP contribution in [0.5, 0.6) is 0 Å². The van der Waals surface area contributed by atoms with Crippen molar-refractivity contribution in [1.29, 1.82) is 0 Å². The molecule has 1 fully saturated rings. The van der Waals surface area contributed by atoms with Gasteiger partial charge in [0.1, 0.15) is 0 Å². The summed E-state index contributed by atoms with van der Waals surface area (Å²) in [6.45, 7) is 9.49. The van der Waals surface area contributed by atoms with Gasteiger partial charge >= 0.3 is 0 Å². The van der Waals surface area contributed by atoms with Gasteiger partial charge in [0.15, 0.2) is 0 Å². The van der Waals surface area contributed by atoms with Crippen molar-refractivity contribution in [2.24, 2.45) is 0 Å². The van der Waals surface area contributed by atoms with Crippen LogP contribution in [-0.4, -0.2) is 36.6 Å². The molecule has 2 nitrogen and oxygen atoms in total. The maximum Gasteiger partial charge on any atom is 0.0236 e. The normalized spacial score (nSPS) is 24.9. The quantitative estimate of drug-likeness (QED) is 0.801. The largest absolute Gasteiger partial charge is 0.311 e. The Bertz CT molecular complexity index is 361. The van der Waals surface area contributed by atoms with Gasteiger partial charge in [-0.3, -0.25) is 4.90 Å². The molecule has 0 saturated carbocycles. The van der Waals surface area contributed by atoms with Crippen LogP contribution < -0.4 is 5.32 Å². The van der Waals surface area contributed by atoms with Crippen molar-refractivity contribution in [2.45, 2.75) is 31.8 Å². The molecule has 1 aliphatic rings. The molecular formula is C16H24N2. The van der Waals surface area contributed by atoms with Crippen molar-refractivity contribution in [1.82, 2.24) is 10.2 Å². The average molecular weight is 244 g/mol. The van der Waals surface area contributed by atoms with Crippen LogP contribution in [0.4, 0.5) is 0 Å². The Balaban J connectivity index is 1.88. The zero-order valence-corrected chi connectivity index (χ0v) is 11.3. The minimum atomic E-state index is 0.577. The van der Waals surface area contributed by atoms with Crippen LogP contribution >= 0.6 is 0 Å². The molecule has 98 valence electrons. The molecule has 0 aliphatic carbocycles. The summed E-state index contributed by atoms with van der Waals surface area (Å²) in [6, 6.07) is 12.0. The number of nitrogens with zero attached hydrogens (tertiary/aromatic N) is 1. The summed E-state index contributed by atoms with van der Waals surface area (Å²) in [4.78, 5) is 2.58. The van der Waals surface area contributed by atoms with Crippen molar-refractivity contribution in [3.63, 3.8) is 0 Å². The lowest BCUT2D eigenvalue weighted by molar-refractivity contribution is 0.143. The molecule has 18 heavy (non-hydrogen) atoms. The molecule has 1 aromatic carbocycles. The molecule has 2 atom stereocenters. The van der Waals surface area contributed by atoms with Gasteiger partial charge in [-0.05, 0) is 25.3 Å². The van der Waals surface area contributed by atoms with Crippen LogP contribution in [0.1, 0.15) is 18.9 Å². The predicted octanol–water partition coefficient (Wildman–Crippen LogP) is 2.47. The lowest BCUT2D eigenvalue weighted by atomic mass is 10.0. The van der Waals surface area contributed by atoms with E-state index in [4.69, 9.17) is 0 Å². The molecule has 1 N–H and O–H groups in total. The molecule has 0 radical (unpaired) electrons. The Morgan fingerprint density at radius 1 is 1.39 bits per heavy atom. The van der Waals surface area contributed by atoms with Gasteiger partial charge in [0.05, 0.1) is 0 Å². The first kappa shape index (κ1) is 13.3. The van der Waals surface area contributed by atoms with E-state index in [0.717, 1.165) is 32.5 Å². The number of nitrogens with one attached hydrogen (secondary N) is 1.